The van der Waals surface area contributed by atoms with E-state index >= 15 is 0 Å². The first-order valence-corrected chi connectivity index (χ1v) is 19.8. The second kappa shape index (κ2) is 13.2. The van der Waals surface area contributed by atoms with Crippen LogP contribution in [0.15, 0.2) is 200 Å². The molecule has 4 heterocycles. The third-order valence-electron chi connectivity index (χ3n) is 11.3. The van der Waals surface area contributed by atoms with Gasteiger partial charge >= 0.3 is 0 Å². The highest BCUT2D eigenvalue weighted by atomic mass is 15.2. The number of fused-ring (bicyclic) bond motifs is 9. The Morgan fingerprint density at radius 1 is 0.305 bits per heavy atom. The van der Waals surface area contributed by atoms with Gasteiger partial charge in [-0.3, -0.25) is 9.13 Å². The zero-order chi connectivity index (χ0) is 38.9. The van der Waals surface area contributed by atoms with Crippen molar-refractivity contribution in [2.45, 2.75) is 0 Å². The number of nitrogens with zero attached hydrogens (tertiary/aromatic N) is 7. The van der Waals surface area contributed by atoms with E-state index in [2.05, 4.69) is 171 Å². The third-order valence-corrected chi connectivity index (χ3v) is 11.3. The summed E-state index contributed by atoms with van der Waals surface area (Å²) in [6.07, 6.45) is 0. The molecule has 0 fully saturated rings. The SMILES string of the molecule is c1ccc(-c2nc(-c3ccccc3)nc(-n3c4ccc5nc(-c6ccccc6)n(-c6ccccc6)c5c4c4ccc5c6ccccc6n(-c6ccccc6)c5c43)n2)cc1. The fourth-order valence-electron chi connectivity index (χ4n) is 8.76. The smallest absolute Gasteiger partial charge is 0.238 e. The summed E-state index contributed by atoms with van der Waals surface area (Å²) in [6, 6.07) is 69.5. The van der Waals surface area contributed by atoms with Crippen LogP contribution >= 0.6 is 0 Å². The van der Waals surface area contributed by atoms with E-state index in [1.54, 1.807) is 0 Å². The number of aromatic nitrogens is 7. The number of rotatable bonds is 6. The first-order valence-electron chi connectivity index (χ1n) is 19.8. The highest BCUT2D eigenvalue weighted by Crippen LogP contribution is 2.45. The number of hydrogen-bond acceptors (Lipinski definition) is 4. The molecule has 8 aromatic carbocycles. The summed E-state index contributed by atoms with van der Waals surface area (Å²) in [5.41, 5.74) is 11.0. The summed E-state index contributed by atoms with van der Waals surface area (Å²) in [7, 11) is 0. The van der Waals surface area contributed by atoms with Gasteiger partial charge in [-0.25, -0.2) is 9.97 Å². The molecular formula is C52H33N7. The molecule has 4 aromatic heterocycles. The van der Waals surface area contributed by atoms with Crippen LogP contribution in [0.5, 0.6) is 0 Å². The van der Waals surface area contributed by atoms with Gasteiger partial charge in [0.25, 0.3) is 0 Å². The molecule has 276 valence electrons. The first kappa shape index (κ1) is 33.0. The average Bonchev–Trinajstić information content (AvgIpc) is 3.98. The van der Waals surface area contributed by atoms with Crippen LogP contribution in [0.1, 0.15) is 0 Å². The fraction of sp³-hybridized carbons (Fsp3) is 0. The van der Waals surface area contributed by atoms with Crippen LogP contribution in [0, 0.1) is 0 Å². The third kappa shape index (κ3) is 5.15. The molecule has 59 heavy (non-hydrogen) atoms. The Balaban J connectivity index is 1.31. The van der Waals surface area contributed by atoms with Crippen LogP contribution in [0.2, 0.25) is 0 Å². The van der Waals surface area contributed by atoms with E-state index in [4.69, 9.17) is 19.9 Å². The second-order valence-electron chi connectivity index (χ2n) is 14.7. The van der Waals surface area contributed by atoms with E-state index in [0.29, 0.717) is 17.6 Å². The molecule has 0 aliphatic rings. The Morgan fingerprint density at radius 2 is 0.814 bits per heavy atom. The van der Waals surface area contributed by atoms with Crippen molar-refractivity contribution in [1.29, 1.82) is 0 Å². The molecular weight excluding hydrogens is 723 g/mol. The zero-order valence-corrected chi connectivity index (χ0v) is 31.7. The Kier molecular flexibility index (Phi) is 7.40. The maximum atomic E-state index is 5.38. The van der Waals surface area contributed by atoms with Crippen LogP contribution in [-0.4, -0.2) is 33.6 Å². The minimum Gasteiger partial charge on any atom is -0.307 e. The topological polar surface area (TPSA) is 66.3 Å². The Hall–Kier alpha value is -8.16. The Bertz CT molecular complexity index is 3460. The van der Waals surface area contributed by atoms with Gasteiger partial charge in [0.1, 0.15) is 5.82 Å². The van der Waals surface area contributed by atoms with Crippen molar-refractivity contribution >= 4 is 54.6 Å². The van der Waals surface area contributed by atoms with Crippen LogP contribution in [0.3, 0.4) is 0 Å². The molecule has 0 atom stereocenters. The Morgan fingerprint density at radius 3 is 1.44 bits per heavy atom. The molecule has 0 bridgehead atoms. The highest BCUT2D eigenvalue weighted by molar-refractivity contribution is 6.28. The van der Waals surface area contributed by atoms with Gasteiger partial charge < -0.3 is 4.57 Å². The lowest BCUT2D eigenvalue weighted by Crippen LogP contribution is -2.07. The largest absolute Gasteiger partial charge is 0.307 e. The van der Waals surface area contributed by atoms with Gasteiger partial charge in [0, 0.05) is 49.6 Å². The van der Waals surface area contributed by atoms with Gasteiger partial charge in [-0.05, 0) is 42.5 Å². The molecule has 0 aliphatic heterocycles. The zero-order valence-electron chi connectivity index (χ0n) is 31.7. The van der Waals surface area contributed by atoms with E-state index in [1.165, 1.54) is 5.39 Å². The van der Waals surface area contributed by atoms with E-state index < -0.39 is 0 Å². The summed E-state index contributed by atoms with van der Waals surface area (Å²) in [5, 5.41) is 4.43. The molecule has 0 radical (unpaired) electrons. The summed E-state index contributed by atoms with van der Waals surface area (Å²) >= 11 is 0. The molecule has 0 aliphatic carbocycles. The summed E-state index contributed by atoms with van der Waals surface area (Å²) in [6.45, 7) is 0. The van der Waals surface area contributed by atoms with Crippen LogP contribution in [-0.2, 0) is 0 Å². The monoisotopic (exact) mass is 755 g/mol. The number of para-hydroxylation sites is 3. The fourth-order valence-corrected chi connectivity index (χ4v) is 8.76. The van der Waals surface area contributed by atoms with Crippen molar-refractivity contribution in [2.75, 3.05) is 0 Å². The number of imidazole rings is 1. The van der Waals surface area contributed by atoms with Gasteiger partial charge in [-0.15, -0.1) is 0 Å². The van der Waals surface area contributed by atoms with Crippen LogP contribution < -0.4 is 0 Å². The number of hydrogen-bond donors (Lipinski definition) is 0. The first-order chi connectivity index (χ1) is 29.3. The van der Waals surface area contributed by atoms with E-state index in [1.807, 2.05) is 42.5 Å². The van der Waals surface area contributed by atoms with E-state index in [9.17, 15) is 0 Å². The quantitative estimate of drug-likeness (QED) is 0.169. The molecule has 0 saturated carbocycles. The van der Waals surface area contributed by atoms with Crippen molar-refractivity contribution in [3.05, 3.63) is 200 Å². The van der Waals surface area contributed by atoms with Gasteiger partial charge in [-0.2, -0.15) is 9.97 Å². The summed E-state index contributed by atoms with van der Waals surface area (Å²) in [5.74, 6) is 2.60. The maximum Gasteiger partial charge on any atom is 0.238 e. The van der Waals surface area contributed by atoms with Gasteiger partial charge in [0.15, 0.2) is 11.6 Å². The van der Waals surface area contributed by atoms with E-state index in [0.717, 1.165) is 83.1 Å². The highest BCUT2D eigenvalue weighted by Gasteiger charge is 2.27. The number of benzene rings is 8. The predicted octanol–water partition coefficient (Wildman–Crippen LogP) is 12.4. The van der Waals surface area contributed by atoms with Crippen LogP contribution in [0.25, 0.3) is 106 Å². The van der Waals surface area contributed by atoms with Crippen molar-refractivity contribution in [3.63, 3.8) is 0 Å². The maximum absolute atomic E-state index is 5.38. The lowest BCUT2D eigenvalue weighted by Gasteiger charge is -2.13. The summed E-state index contributed by atoms with van der Waals surface area (Å²) in [4.78, 5) is 21.2. The Labute approximate surface area is 338 Å². The lowest BCUT2D eigenvalue weighted by molar-refractivity contribution is 0.953. The second-order valence-corrected chi connectivity index (χ2v) is 14.7. The minimum atomic E-state index is 0.531. The standard InChI is InChI=1S/C52H33N7/c1-6-18-34(19-7-1)49-54-50(35-20-8-2-9-21-35)56-52(55-49)59-44-33-32-42-48(58(38-26-14-5-15-27-38)51(53-42)36-22-10-3-11-23-36)45(44)41-31-30-40-39-28-16-17-29-43(39)57(46(40)47(41)59)37-24-12-4-13-25-37/h1-33H. The van der Waals surface area contributed by atoms with Crippen molar-refractivity contribution in [1.82, 2.24) is 33.6 Å². The molecule has 7 nitrogen and oxygen atoms in total. The molecule has 0 spiro atoms. The lowest BCUT2D eigenvalue weighted by atomic mass is 10.1. The average molecular weight is 756 g/mol. The van der Waals surface area contributed by atoms with Gasteiger partial charge in [-0.1, -0.05) is 158 Å². The van der Waals surface area contributed by atoms with Gasteiger partial charge in [0.2, 0.25) is 5.95 Å². The molecule has 7 heteroatoms. The van der Waals surface area contributed by atoms with Crippen molar-refractivity contribution in [2.24, 2.45) is 0 Å². The van der Waals surface area contributed by atoms with Crippen molar-refractivity contribution < 1.29 is 0 Å². The normalized spacial score (nSPS) is 11.7. The minimum absolute atomic E-state index is 0.531. The molecule has 12 rings (SSSR count). The summed E-state index contributed by atoms with van der Waals surface area (Å²) < 4.78 is 6.96. The molecule has 12 aromatic rings. The molecule has 0 N–H and O–H groups in total. The molecule has 0 saturated heterocycles. The van der Waals surface area contributed by atoms with Gasteiger partial charge in [0.05, 0.1) is 33.1 Å². The van der Waals surface area contributed by atoms with Crippen LogP contribution in [0.4, 0.5) is 0 Å². The molecule has 0 amide bonds. The van der Waals surface area contributed by atoms with Crippen molar-refractivity contribution in [3.8, 4) is 51.5 Å². The predicted molar refractivity (Wildman–Crippen MR) is 239 cm³/mol. The van der Waals surface area contributed by atoms with E-state index in [-0.39, 0.29) is 0 Å². The molecule has 0 unspecified atom stereocenters.